The van der Waals surface area contributed by atoms with Gasteiger partial charge in [-0.1, -0.05) is 36.7 Å². The molecule has 1 unspecified atom stereocenters. The minimum absolute atomic E-state index is 0.0531. The molecule has 0 aliphatic rings. The number of rotatable bonds is 6. The van der Waals surface area contributed by atoms with Crippen LogP contribution >= 0.6 is 27.5 Å². The molecule has 0 saturated carbocycles. The van der Waals surface area contributed by atoms with E-state index in [1.807, 2.05) is 26.8 Å². The standard InChI is InChI=1S/C17H25BrN2O4.CH3Cl/c1-5-24-15(22)8-13(20-14(21)9-19)11-6-10(18)7-12(16(11)23)17(2,3)4;1-2/h6-7,13,23H,5,8-9,19H2,1-4H3,(H,20,21);1H3. The van der Waals surface area contributed by atoms with Gasteiger partial charge in [0.15, 0.2) is 0 Å². The van der Waals surface area contributed by atoms with E-state index in [1.165, 1.54) is 6.38 Å². The summed E-state index contributed by atoms with van der Waals surface area (Å²) >= 11 is 8.06. The predicted molar refractivity (Wildman–Crippen MR) is 107 cm³/mol. The van der Waals surface area contributed by atoms with Crippen molar-refractivity contribution in [1.82, 2.24) is 5.32 Å². The third kappa shape index (κ3) is 7.51. The quantitative estimate of drug-likeness (QED) is 0.454. The van der Waals surface area contributed by atoms with Crippen molar-refractivity contribution in [2.45, 2.75) is 45.6 Å². The van der Waals surface area contributed by atoms with Crippen LogP contribution in [0.15, 0.2) is 16.6 Å². The summed E-state index contributed by atoms with van der Waals surface area (Å²) in [4.78, 5) is 23.6. The molecule has 0 radical (unpaired) electrons. The number of aromatic hydroxyl groups is 1. The lowest BCUT2D eigenvalue weighted by molar-refractivity contribution is -0.143. The topological polar surface area (TPSA) is 102 Å². The summed E-state index contributed by atoms with van der Waals surface area (Å²) in [5, 5.41) is 13.4. The van der Waals surface area contributed by atoms with Crippen molar-refractivity contribution in [1.29, 1.82) is 0 Å². The summed E-state index contributed by atoms with van der Waals surface area (Å²) in [6.07, 6.45) is 1.38. The Morgan fingerprint density at radius 3 is 2.38 bits per heavy atom. The van der Waals surface area contributed by atoms with Crippen LogP contribution < -0.4 is 11.1 Å². The second kappa shape index (κ2) is 11.4. The van der Waals surface area contributed by atoms with E-state index in [2.05, 4.69) is 32.8 Å². The minimum Gasteiger partial charge on any atom is -0.507 e. The van der Waals surface area contributed by atoms with Gasteiger partial charge in [0.25, 0.3) is 0 Å². The van der Waals surface area contributed by atoms with E-state index in [0.29, 0.717) is 11.1 Å². The van der Waals surface area contributed by atoms with E-state index >= 15 is 0 Å². The third-order valence-corrected chi connectivity index (χ3v) is 3.94. The predicted octanol–water partition coefficient (Wildman–Crippen LogP) is 3.38. The zero-order valence-electron chi connectivity index (χ0n) is 15.9. The molecule has 6 nitrogen and oxygen atoms in total. The number of phenols is 1. The number of hydrogen-bond donors (Lipinski definition) is 3. The third-order valence-electron chi connectivity index (χ3n) is 3.48. The van der Waals surface area contributed by atoms with Gasteiger partial charge < -0.3 is 20.9 Å². The smallest absolute Gasteiger partial charge is 0.308 e. The van der Waals surface area contributed by atoms with E-state index < -0.39 is 17.9 Å². The fourth-order valence-electron chi connectivity index (χ4n) is 2.34. The molecule has 4 N–H and O–H groups in total. The fourth-order valence-corrected chi connectivity index (χ4v) is 2.81. The molecule has 0 aliphatic heterocycles. The molecule has 0 bridgehead atoms. The van der Waals surface area contributed by atoms with Crippen molar-refractivity contribution in [3.63, 3.8) is 0 Å². The first-order chi connectivity index (χ1) is 12.1. The number of nitrogens with one attached hydrogen (secondary N) is 1. The summed E-state index contributed by atoms with van der Waals surface area (Å²) in [6, 6.07) is 2.79. The maximum absolute atomic E-state index is 11.9. The Kier molecular flexibility index (Phi) is 10.8. The molecule has 1 amide bonds. The molecule has 148 valence electrons. The number of carbonyl (C=O) groups is 2. The Morgan fingerprint density at radius 1 is 1.35 bits per heavy atom. The molecule has 1 atom stereocenters. The largest absolute Gasteiger partial charge is 0.507 e. The van der Waals surface area contributed by atoms with Crippen molar-refractivity contribution in [3.8, 4) is 5.75 Å². The van der Waals surface area contributed by atoms with Gasteiger partial charge in [-0.25, -0.2) is 0 Å². The van der Waals surface area contributed by atoms with Gasteiger partial charge in [-0.2, -0.15) is 0 Å². The molecular weight excluding hydrogens is 424 g/mol. The van der Waals surface area contributed by atoms with Gasteiger partial charge in [0.05, 0.1) is 25.6 Å². The Balaban J connectivity index is 0.00000301. The van der Waals surface area contributed by atoms with E-state index in [4.69, 9.17) is 10.5 Å². The maximum atomic E-state index is 11.9. The van der Waals surface area contributed by atoms with Crippen molar-refractivity contribution in [2.75, 3.05) is 19.5 Å². The number of benzene rings is 1. The lowest BCUT2D eigenvalue weighted by Gasteiger charge is -2.26. The number of esters is 1. The van der Waals surface area contributed by atoms with Gasteiger partial charge in [0.1, 0.15) is 5.75 Å². The van der Waals surface area contributed by atoms with Crippen LogP contribution in [0.3, 0.4) is 0 Å². The summed E-state index contributed by atoms with van der Waals surface area (Å²) in [5.74, 6) is -0.824. The zero-order valence-corrected chi connectivity index (χ0v) is 18.2. The van der Waals surface area contributed by atoms with Crippen molar-refractivity contribution >= 4 is 39.4 Å². The molecule has 8 heteroatoms. The van der Waals surface area contributed by atoms with E-state index in [0.717, 1.165) is 4.47 Å². The number of carbonyl (C=O) groups excluding carboxylic acids is 2. The number of hydrogen-bond acceptors (Lipinski definition) is 5. The number of halogens is 2. The summed E-state index contributed by atoms with van der Waals surface area (Å²) in [6.45, 7) is 7.65. The first-order valence-corrected chi connectivity index (χ1v) is 9.70. The molecule has 0 aromatic heterocycles. The second-order valence-corrected chi connectivity index (χ2v) is 7.39. The number of ether oxygens (including phenoxy) is 1. The molecule has 0 saturated heterocycles. The molecule has 26 heavy (non-hydrogen) atoms. The molecule has 1 rings (SSSR count). The van der Waals surface area contributed by atoms with Crippen LogP contribution in [0.5, 0.6) is 5.75 Å². The monoisotopic (exact) mass is 450 g/mol. The highest BCUT2D eigenvalue weighted by Gasteiger charge is 2.27. The number of phenolic OH excluding ortho intramolecular Hbond substituents is 1. The van der Waals surface area contributed by atoms with Crippen molar-refractivity contribution < 1.29 is 19.4 Å². The number of nitrogens with two attached hydrogens (primary N) is 1. The Labute approximate surface area is 168 Å². The van der Waals surface area contributed by atoms with Crippen molar-refractivity contribution in [3.05, 3.63) is 27.7 Å². The Hall–Kier alpha value is -1.31. The number of amides is 1. The highest BCUT2D eigenvalue weighted by Crippen LogP contribution is 2.39. The highest BCUT2D eigenvalue weighted by molar-refractivity contribution is 9.10. The molecule has 1 aromatic rings. The van der Waals surface area contributed by atoms with Crippen LogP contribution in [0.2, 0.25) is 0 Å². The molecule has 1 aromatic carbocycles. The highest BCUT2D eigenvalue weighted by atomic mass is 79.9. The zero-order chi connectivity index (χ0) is 20.5. The van der Waals surface area contributed by atoms with Crippen LogP contribution in [-0.4, -0.2) is 36.5 Å². The van der Waals surface area contributed by atoms with Gasteiger partial charge >= 0.3 is 5.97 Å². The fraction of sp³-hybridized carbons (Fsp3) is 0.556. The molecule has 0 aliphatic carbocycles. The van der Waals surface area contributed by atoms with Crippen LogP contribution in [0.25, 0.3) is 0 Å². The molecule has 0 heterocycles. The Morgan fingerprint density at radius 2 is 1.92 bits per heavy atom. The summed E-state index contributed by atoms with van der Waals surface area (Å²) < 4.78 is 5.71. The van der Waals surface area contributed by atoms with E-state index in [-0.39, 0.29) is 30.7 Å². The van der Waals surface area contributed by atoms with Crippen LogP contribution in [0.1, 0.15) is 51.3 Å². The van der Waals surface area contributed by atoms with Gasteiger partial charge in [0.2, 0.25) is 5.91 Å². The second-order valence-electron chi connectivity index (χ2n) is 6.47. The minimum atomic E-state index is -0.723. The average molecular weight is 452 g/mol. The van der Waals surface area contributed by atoms with Crippen LogP contribution in [0, 0.1) is 0 Å². The van der Waals surface area contributed by atoms with Gasteiger partial charge in [-0.3, -0.25) is 9.59 Å². The van der Waals surface area contributed by atoms with E-state index in [1.54, 1.807) is 13.0 Å². The lowest BCUT2D eigenvalue weighted by atomic mass is 9.84. The van der Waals surface area contributed by atoms with Crippen molar-refractivity contribution in [2.24, 2.45) is 5.73 Å². The first-order valence-electron chi connectivity index (χ1n) is 8.15. The SMILES string of the molecule is CCOC(=O)CC(NC(=O)CN)c1cc(Br)cc(C(C)(C)C)c1O.CCl. The number of alkyl halides is 1. The van der Waals surface area contributed by atoms with E-state index in [9.17, 15) is 14.7 Å². The molecule has 0 fully saturated rings. The Bertz CT molecular complexity index is 618. The van der Waals surface area contributed by atoms with Gasteiger partial charge in [-0.05, 0) is 24.5 Å². The average Bonchev–Trinajstić information content (AvgIpc) is 2.57. The lowest BCUT2D eigenvalue weighted by Crippen LogP contribution is -2.35. The maximum Gasteiger partial charge on any atom is 0.308 e. The first kappa shape index (κ1) is 24.7. The van der Waals surface area contributed by atoms with Gasteiger partial charge in [0, 0.05) is 22.0 Å². The normalized spacial score (nSPS) is 11.8. The summed E-state index contributed by atoms with van der Waals surface area (Å²) in [7, 11) is 0. The molecular formula is C18H28BrClN2O4. The summed E-state index contributed by atoms with van der Waals surface area (Å²) in [5.41, 5.74) is 6.20. The van der Waals surface area contributed by atoms with Gasteiger partial charge in [-0.15, -0.1) is 11.6 Å². The van der Waals surface area contributed by atoms with Crippen LogP contribution in [0.4, 0.5) is 0 Å². The van der Waals surface area contributed by atoms with Crippen LogP contribution in [-0.2, 0) is 19.7 Å². The molecule has 0 spiro atoms.